The second-order valence-electron chi connectivity index (χ2n) is 7.61. The van der Waals surface area contributed by atoms with Gasteiger partial charge in [-0.2, -0.15) is 0 Å². The Kier molecular flexibility index (Phi) is 4.54. The molecule has 0 aromatic heterocycles. The highest BCUT2D eigenvalue weighted by Crippen LogP contribution is 2.43. The summed E-state index contributed by atoms with van der Waals surface area (Å²) in [6.07, 6.45) is 6.47. The molecule has 1 spiro atoms. The first kappa shape index (κ1) is 16.4. The molecular weight excluding hydrogens is 322 g/mol. The van der Waals surface area contributed by atoms with Crippen LogP contribution in [0.4, 0.5) is 5.69 Å². The van der Waals surface area contributed by atoms with E-state index in [1.165, 1.54) is 11.3 Å². The summed E-state index contributed by atoms with van der Waals surface area (Å²) in [5.74, 6) is 0.451. The Morgan fingerprint density at radius 2 is 2.17 bits per heavy atom. The van der Waals surface area contributed by atoms with Gasteiger partial charge in [-0.05, 0) is 49.5 Å². The third-order valence-corrected chi connectivity index (χ3v) is 6.37. The summed E-state index contributed by atoms with van der Waals surface area (Å²) < 4.78 is 2.34. The highest BCUT2D eigenvalue weighted by Gasteiger charge is 2.42. The summed E-state index contributed by atoms with van der Waals surface area (Å²) >= 11 is 6.12. The molecule has 0 radical (unpaired) electrons. The molecule has 1 saturated heterocycles. The van der Waals surface area contributed by atoms with Crippen molar-refractivity contribution in [2.45, 2.75) is 37.2 Å². The van der Waals surface area contributed by atoms with Crippen molar-refractivity contribution in [1.29, 1.82) is 0 Å². The van der Waals surface area contributed by atoms with Crippen molar-refractivity contribution in [2.75, 3.05) is 38.0 Å². The van der Waals surface area contributed by atoms with Crippen LogP contribution >= 0.6 is 11.6 Å². The van der Waals surface area contributed by atoms with E-state index in [9.17, 15) is 5.11 Å². The van der Waals surface area contributed by atoms with Crippen LogP contribution < -0.4 is 10.6 Å². The standard InChI is InChI=1S/C19H27ClN3O/c20-15-1-2-16-17(11-15)22-13-19(16)5-9-23(10-6-19)12-18(24)14-3-7-21-8-4-14/h1-2,9,11,14,18,21-22,24H,3-8,10,12-13H2/q+1/t18-,19?/m1/s1. The first-order valence-corrected chi connectivity index (χ1v) is 9.54. The first-order chi connectivity index (χ1) is 11.7. The number of hydrogen-bond acceptors (Lipinski definition) is 3. The third kappa shape index (κ3) is 3.07. The number of aliphatic hydroxyl groups excluding tert-OH is 1. The molecule has 1 fully saturated rings. The Bertz CT molecular complexity index is 641. The van der Waals surface area contributed by atoms with Gasteiger partial charge in [0, 0.05) is 35.5 Å². The van der Waals surface area contributed by atoms with Crippen LogP contribution in [-0.4, -0.2) is 54.7 Å². The fraction of sp³-hybridized carbons (Fsp3) is 0.632. The van der Waals surface area contributed by atoms with Crippen molar-refractivity contribution in [1.82, 2.24) is 5.32 Å². The molecule has 130 valence electrons. The van der Waals surface area contributed by atoms with E-state index in [0.29, 0.717) is 5.92 Å². The quantitative estimate of drug-likeness (QED) is 0.734. The lowest BCUT2D eigenvalue weighted by molar-refractivity contribution is -0.541. The molecule has 24 heavy (non-hydrogen) atoms. The molecule has 3 aliphatic rings. The van der Waals surface area contributed by atoms with Gasteiger partial charge in [0.25, 0.3) is 0 Å². The second-order valence-corrected chi connectivity index (χ2v) is 8.05. The Morgan fingerprint density at radius 1 is 1.33 bits per heavy atom. The number of piperidine rings is 1. The van der Waals surface area contributed by atoms with Crippen molar-refractivity contribution in [3.05, 3.63) is 28.8 Å². The minimum Gasteiger partial charge on any atom is -0.386 e. The molecule has 3 aliphatic heterocycles. The average molecular weight is 349 g/mol. The van der Waals surface area contributed by atoms with Gasteiger partial charge in [0.2, 0.25) is 0 Å². The van der Waals surface area contributed by atoms with Gasteiger partial charge in [0.05, 0.1) is 0 Å². The molecule has 3 heterocycles. The third-order valence-electron chi connectivity index (χ3n) is 6.14. The number of benzene rings is 1. The number of aliphatic hydroxyl groups is 1. The van der Waals surface area contributed by atoms with Crippen LogP contribution in [0.1, 0.15) is 31.2 Å². The van der Waals surface area contributed by atoms with Crippen molar-refractivity contribution in [3.8, 4) is 0 Å². The van der Waals surface area contributed by atoms with Gasteiger partial charge in [0.15, 0.2) is 6.54 Å². The maximum atomic E-state index is 10.6. The number of nitrogens with zero attached hydrogens (tertiary/aromatic N) is 1. The molecule has 4 rings (SSSR count). The maximum absolute atomic E-state index is 10.6. The molecule has 2 atom stereocenters. The normalized spacial score (nSPS) is 28.3. The monoisotopic (exact) mass is 348 g/mol. The van der Waals surface area contributed by atoms with E-state index in [1.54, 1.807) is 0 Å². The van der Waals surface area contributed by atoms with Crippen LogP contribution in [0.2, 0.25) is 5.02 Å². The summed E-state index contributed by atoms with van der Waals surface area (Å²) in [5, 5.41) is 18.3. The molecule has 1 aromatic carbocycles. The SMILES string of the molecule is O[C@H](C[N+]1=CCC2(CC1)CNc1cc(Cl)ccc12)C1CCNCC1. The fourth-order valence-corrected chi connectivity index (χ4v) is 4.70. The molecule has 1 aromatic rings. The molecule has 5 heteroatoms. The van der Waals surface area contributed by atoms with Crippen LogP contribution in [0.25, 0.3) is 0 Å². The number of halogens is 1. The molecule has 0 aliphatic carbocycles. The minimum absolute atomic E-state index is 0.204. The Labute approximate surface area is 148 Å². The van der Waals surface area contributed by atoms with E-state index < -0.39 is 0 Å². The van der Waals surface area contributed by atoms with E-state index in [1.807, 2.05) is 12.1 Å². The number of fused-ring (bicyclic) bond motifs is 2. The summed E-state index contributed by atoms with van der Waals surface area (Å²) in [4.78, 5) is 0. The largest absolute Gasteiger partial charge is 0.386 e. The summed E-state index contributed by atoms with van der Waals surface area (Å²) in [5.41, 5.74) is 2.80. The second kappa shape index (κ2) is 6.66. The van der Waals surface area contributed by atoms with Crippen LogP contribution in [-0.2, 0) is 5.41 Å². The number of nitrogens with one attached hydrogen (secondary N) is 2. The number of anilines is 1. The van der Waals surface area contributed by atoms with Crippen molar-refractivity contribution in [2.24, 2.45) is 5.92 Å². The van der Waals surface area contributed by atoms with Gasteiger partial charge < -0.3 is 15.7 Å². The molecule has 3 N–H and O–H groups in total. The van der Waals surface area contributed by atoms with Crippen LogP contribution in [0.5, 0.6) is 0 Å². The zero-order chi connectivity index (χ0) is 16.6. The van der Waals surface area contributed by atoms with Gasteiger partial charge >= 0.3 is 0 Å². The molecule has 0 amide bonds. The van der Waals surface area contributed by atoms with Gasteiger partial charge in [-0.15, -0.1) is 0 Å². The van der Waals surface area contributed by atoms with Crippen molar-refractivity contribution >= 4 is 23.5 Å². The number of rotatable bonds is 3. The summed E-state index contributed by atoms with van der Waals surface area (Å²) in [6, 6.07) is 6.23. The zero-order valence-electron chi connectivity index (χ0n) is 14.1. The summed E-state index contributed by atoms with van der Waals surface area (Å²) in [6.45, 7) is 4.87. The average Bonchev–Trinajstić information content (AvgIpc) is 2.95. The van der Waals surface area contributed by atoms with Gasteiger partial charge in [-0.1, -0.05) is 17.7 Å². The Balaban J connectivity index is 1.43. The van der Waals surface area contributed by atoms with Crippen molar-refractivity contribution < 1.29 is 9.68 Å². The predicted octanol–water partition coefficient (Wildman–Crippen LogP) is 2.24. The molecule has 0 bridgehead atoms. The lowest BCUT2D eigenvalue weighted by Crippen LogP contribution is -2.43. The highest BCUT2D eigenvalue weighted by atomic mass is 35.5. The minimum atomic E-state index is -0.204. The van der Waals surface area contributed by atoms with E-state index in [0.717, 1.165) is 63.4 Å². The Hall–Kier alpha value is -1.10. The summed E-state index contributed by atoms with van der Waals surface area (Å²) in [7, 11) is 0. The predicted molar refractivity (Wildman–Crippen MR) is 98.5 cm³/mol. The van der Waals surface area contributed by atoms with Crippen LogP contribution in [0.3, 0.4) is 0 Å². The molecule has 1 unspecified atom stereocenters. The molecule has 0 saturated carbocycles. The van der Waals surface area contributed by atoms with E-state index in [4.69, 9.17) is 11.6 Å². The number of hydrogen-bond donors (Lipinski definition) is 3. The first-order valence-electron chi connectivity index (χ1n) is 9.16. The number of β-amino-alcohol motifs (C(OH)–C–C–N with tert-alkyl or cyclic N) is 1. The van der Waals surface area contributed by atoms with Gasteiger partial charge in [-0.3, -0.25) is 0 Å². The van der Waals surface area contributed by atoms with Crippen molar-refractivity contribution in [3.63, 3.8) is 0 Å². The lowest BCUT2D eigenvalue weighted by atomic mass is 9.75. The Morgan fingerprint density at radius 3 is 2.92 bits per heavy atom. The zero-order valence-corrected chi connectivity index (χ0v) is 14.9. The molecule has 4 nitrogen and oxygen atoms in total. The molecular formula is C19H27ClN3O+. The van der Waals surface area contributed by atoms with Crippen LogP contribution in [0.15, 0.2) is 18.2 Å². The van der Waals surface area contributed by atoms with Crippen LogP contribution in [0, 0.1) is 5.92 Å². The maximum Gasteiger partial charge on any atom is 0.168 e. The van der Waals surface area contributed by atoms with E-state index in [-0.39, 0.29) is 11.5 Å². The van der Waals surface area contributed by atoms with E-state index in [2.05, 4.69) is 27.5 Å². The lowest BCUT2D eigenvalue weighted by Gasteiger charge is -2.31. The van der Waals surface area contributed by atoms with Gasteiger partial charge in [0.1, 0.15) is 18.9 Å². The topological polar surface area (TPSA) is 47.3 Å². The van der Waals surface area contributed by atoms with Gasteiger partial charge in [-0.25, -0.2) is 4.58 Å². The fourth-order valence-electron chi connectivity index (χ4n) is 4.53. The van der Waals surface area contributed by atoms with E-state index >= 15 is 0 Å². The highest BCUT2D eigenvalue weighted by molar-refractivity contribution is 6.30. The smallest absolute Gasteiger partial charge is 0.168 e.